The fourth-order valence-electron chi connectivity index (χ4n) is 7.59. The maximum Gasteiger partial charge on any atom is 0.333 e. The van der Waals surface area contributed by atoms with Crippen LogP contribution in [-0.4, -0.2) is 53.4 Å². The Hall–Kier alpha value is -1.44. The van der Waals surface area contributed by atoms with E-state index in [0.717, 1.165) is 25.2 Å². The maximum absolute atomic E-state index is 12.4. The first-order valence-electron chi connectivity index (χ1n) is 13.3. The lowest BCUT2D eigenvalue weighted by molar-refractivity contribution is -0.329. The van der Waals surface area contributed by atoms with E-state index in [9.17, 15) is 14.7 Å². The van der Waals surface area contributed by atoms with Crippen molar-refractivity contribution in [2.75, 3.05) is 0 Å². The third-order valence-corrected chi connectivity index (χ3v) is 9.78. The van der Waals surface area contributed by atoms with Crippen molar-refractivity contribution < 1.29 is 33.6 Å². The van der Waals surface area contributed by atoms with Gasteiger partial charge in [-0.2, -0.15) is 0 Å². The number of aliphatic hydroxyl groups is 1. The summed E-state index contributed by atoms with van der Waals surface area (Å²) in [5.74, 6) is 1.98. The lowest BCUT2D eigenvalue weighted by Crippen LogP contribution is -2.62. The van der Waals surface area contributed by atoms with Gasteiger partial charge in [0.1, 0.15) is 6.10 Å². The molecule has 7 heteroatoms. The molecule has 0 aromatic rings. The predicted molar refractivity (Wildman–Crippen MR) is 130 cm³/mol. The molecule has 7 nitrogen and oxygen atoms in total. The van der Waals surface area contributed by atoms with E-state index >= 15 is 0 Å². The molecule has 4 fully saturated rings. The highest BCUT2D eigenvalue weighted by Crippen LogP contribution is 2.71. The van der Waals surface area contributed by atoms with Crippen LogP contribution in [0.5, 0.6) is 0 Å². The van der Waals surface area contributed by atoms with Crippen LogP contribution in [0.1, 0.15) is 81.1 Å². The van der Waals surface area contributed by atoms with Gasteiger partial charge in [0.2, 0.25) is 0 Å². The van der Waals surface area contributed by atoms with Crippen molar-refractivity contribution in [2.24, 2.45) is 35.0 Å². The number of allylic oxidation sites excluding steroid dienone is 1. The zero-order valence-corrected chi connectivity index (χ0v) is 22.6. The fraction of sp³-hybridized carbons (Fsp3) is 0.857. The van der Waals surface area contributed by atoms with Gasteiger partial charge in [0.15, 0.2) is 18.5 Å². The minimum atomic E-state index is -1.26. The third kappa shape index (κ3) is 4.69. The van der Waals surface area contributed by atoms with E-state index in [4.69, 9.17) is 18.9 Å². The Morgan fingerprint density at radius 2 is 1.69 bits per heavy atom. The molecule has 4 rings (SSSR count). The van der Waals surface area contributed by atoms with Crippen molar-refractivity contribution in [3.05, 3.63) is 11.6 Å². The number of aliphatic hydroxyl groups excluding tert-OH is 1. The lowest BCUT2D eigenvalue weighted by atomic mass is 9.74. The monoisotopic (exact) mass is 492 g/mol. The Labute approximate surface area is 209 Å². The van der Waals surface area contributed by atoms with Gasteiger partial charge < -0.3 is 24.1 Å². The first-order valence-corrected chi connectivity index (χ1v) is 13.3. The summed E-state index contributed by atoms with van der Waals surface area (Å²) in [5, 5.41) is 11.2. The van der Waals surface area contributed by atoms with Crippen molar-refractivity contribution in [1.29, 1.82) is 0 Å². The van der Waals surface area contributed by atoms with Gasteiger partial charge in [-0.25, -0.2) is 4.79 Å². The molecule has 11 atom stereocenters. The molecule has 0 aromatic carbocycles. The summed E-state index contributed by atoms with van der Waals surface area (Å²) >= 11 is 0. The van der Waals surface area contributed by atoms with E-state index in [1.54, 1.807) is 26.8 Å². The van der Waals surface area contributed by atoms with Crippen molar-refractivity contribution in [2.45, 2.75) is 117 Å². The van der Waals surface area contributed by atoms with E-state index in [-0.39, 0.29) is 0 Å². The Kier molecular flexibility index (Phi) is 7.19. The topological polar surface area (TPSA) is 91.3 Å². The van der Waals surface area contributed by atoms with E-state index in [1.165, 1.54) is 13.3 Å². The first kappa shape index (κ1) is 26.6. The Morgan fingerprint density at radius 1 is 1.00 bits per heavy atom. The molecule has 0 radical (unpaired) electrons. The summed E-state index contributed by atoms with van der Waals surface area (Å²) in [4.78, 5) is 24.4. The van der Waals surface area contributed by atoms with Crippen LogP contribution >= 0.6 is 0 Å². The van der Waals surface area contributed by atoms with Gasteiger partial charge in [-0.05, 0) is 82.0 Å². The molecule has 1 N–H and O–H groups in total. The molecular formula is C28H44O7. The minimum Gasteiger partial charge on any atom is -0.454 e. The standard InChI is InChI=1S/C28H44O7/c1-9-14(2)25(31)34-23-16(4)32-26(24(22(23)30)33-17(5)29)35-28(8)13-12-19-21(27(19,6)7)20-15(3)10-11-18(20)28/h9,15-16,18-24,26,30H,10-13H2,1-8H3/b14-9-/t15-,16-,18+,19-,20+,21+,22-,23-,24+,26-,28+/m0/s1. The molecule has 1 saturated heterocycles. The van der Waals surface area contributed by atoms with Gasteiger partial charge in [0.05, 0.1) is 11.7 Å². The Morgan fingerprint density at radius 3 is 2.31 bits per heavy atom. The average Bonchev–Trinajstić information content (AvgIpc) is 3.16. The quantitative estimate of drug-likeness (QED) is 0.449. The predicted octanol–water partition coefficient (Wildman–Crippen LogP) is 4.41. The Bertz CT molecular complexity index is 865. The summed E-state index contributed by atoms with van der Waals surface area (Å²) in [6.07, 6.45) is 1.05. The van der Waals surface area contributed by atoms with Gasteiger partial charge in [0.25, 0.3) is 0 Å². The highest BCUT2D eigenvalue weighted by Gasteiger charge is 2.67. The molecule has 3 aliphatic carbocycles. The molecule has 0 unspecified atom stereocenters. The zero-order chi connectivity index (χ0) is 25.9. The molecule has 0 aromatic heterocycles. The molecule has 4 aliphatic rings. The summed E-state index contributed by atoms with van der Waals surface area (Å²) in [6, 6.07) is 0. The normalized spacial score (nSPS) is 46.7. The van der Waals surface area contributed by atoms with Crippen LogP contribution in [0, 0.1) is 35.0 Å². The SMILES string of the molecule is C/C=C(/C)C(=O)O[C@@H]1[C@H](O)[C@@H](OC(C)=O)[C@H](O[C@]2(C)CC[C@H]3[C@H]([C@H]4[C@H]2CC[C@@H]4C)C3(C)C)O[C@H]1C. The number of carbonyl (C=O) groups is 2. The third-order valence-electron chi connectivity index (χ3n) is 9.78. The molecule has 0 amide bonds. The van der Waals surface area contributed by atoms with Crippen LogP contribution in [0.4, 0.5) is 0 Å². The highest BCUT2D eigenvalue weighted by atomic mass is 16.7. The van der Waals surface area contributed by atoms with E-state index in [0.29, 0.717) is 34.7 Å². The summed E-state index contributed by atoms with van der Waals surface area (Å²) < 4.78 is 24.1. The summed E-state index contributed by atoms with van der Waals surface area (Å²) in [6.45, 7) is 15.8. The van der Waals surface area contributed by atoms with Crippen LogP contribution < -0.4 is 0 Å². The zero-order valence-electron chi connectivity index (χ0n) is 22.6. The molecule has 35 heavy (non-hydrogen) atoms. The number of hydrogen-bond donors (Lipinski definition) is 1. The van der Waals surface area contributed by atoms with Crippen LogP contribution in [-0.2, 0) is 28.5 Å². The van der Waals surface area contributed by atoms with Crippen molar-refractivity contribution >= 4 is 11.9 Å². The highest BCUT2D eigenvalue weighted by molar-refractivity contribution is 5.87. The summed E-state index contributed by atoms with van der Waals surface area (Å²) in [7, 11) is 0. The second-order valence-corrected chi connectivity index (χ2v) is 12.3. The van der Waals surface area contributed by atoms with Gasteiger partial charge in [-0.3, -0.25) is 4.79 Å². The first-order chi connectivity index (χ1) is 16.3. The average molecular weight is 493 g/mol. The van der Waals surface area contributed by atoms with E-state index in [1.807, 2.05) is 0 Å². The van der Waals surface area contributed by atoms with Crippen molar-refractivity contribution in [3.8, 4) is 0 Å². The number of fused-ring (bicyclic) bond motifs is 3. The van der Waals surface area contributed by atoms with Gasteiger partial charge in [-0.1, -0.05) is 33.3 Å². The van der Waals surface area contributed by atoms with Crippen LogP contribution in [0.2, 0.25) is 0 Å². The fourth-order valence-corrected chi connectivity index (χ4v) is 7.59. The number of hydrogen-bond acceptors (Lipinski definition) is 7. The second kappa shape index (κ2) is 9.46. The summed E-state index contributed by atoms with van der Waals surface area (Å²) in [5.41, 5.74) is 0.366. The smallest absolute Gasteiger partial charge is 0.333 e. The van der Waals surface area contributed by atoms with Crippen molar-refractivity contribution in [1.82, 2.24) is 0 Å². The molecule has 1 heterocycles. The van der Waals surface area contributed by atoms with Gasteiger partial charge in [-0.15, -0.1) is 0 Å². The van der Waals surface area contributed by atoms with Crippen LogP contribution in [0.3, 0.4) is 0 Å². The number of carbonyl (C=O) groups excluding carboxylic acids is 2. The molecular weight excluding hydrogens is 448 g/mol. The largest absolute Gasteiger partial charge is 0.454 e. The molecule has 1 aliphatic heterocycles. The number of rotatable bonds is 5. The second-order valence-electron chi connectivity index (χ2n) is 12.3. The number of ether oxygens (including phenoxy) is 4. The number of esters is 2. The minimum absolute atomic E-state index is 0.385. The van der Waals surface area contributed by atoms with Crippen molar-refractivity contribution in [3.63, 3.8) is 0 Å². The van der Waals surface area contributed by atoms with Crippen LogP contribution in [0.25, 0.3) is 0 Å². The van der Waals surface area contributed by atoms with Crippen LogP contribution in [0.15, 0.2) is 11.6 Å². The van der Waals surface area contributed by atoms with Gasteiger partial charge in [0, 0.05) is 12.5 Å². The van der Waals surface area contributed by atoms with Gasteiger partial charge >= 0.3 is 11.9 Å². The van der Waals surface area contributed by atoms with E-state index in [2.05, 4.69) is 27.7 Å². The molecule has 198 valence electrons. The maximum atomic E-state index is 12.4. The van der Waals surface area contributed by atoms with E-state index < -0.39 is 48.2 Å². The Balaban J connectivity index is 1.56. The molecule has 0 bridgehead atoms. The molecule has 3 saturated carbocycles. The molecule has 0 spiro atoms. The lowest BCUT2D eigenvalue weighted by Gasteiger charge is -2.47.